The van der Waals surface area contributed by atoms with E-state index in [2.05, 4.69) is 17.6 Å². The molecule has 1 aliphatic rings. The first-order chi connectivity index (χ1) is 14.7. The number of para-hydroxylation sites is 1. The maximum atomic E-state index is 13.5. The quantitative estimate of drug-likeness (QED) is 0.204. The molecule has 154 valence electrons. The first-order valence-corrected chi connectivity index (χ1v) is 11.6. The first-order valence-electron chi connectivity index (χ1n) is 8.90. The predicted molar refractivity (Wildman–Crippen MR) is 120 cm³/mol. The minimum atomic E-state index is -4.86. The monoisotopic (exact) mass is 468 g/mol. The Hall–Kier alpha value is -3.05. The Morgan fingerprint density at radius 3 is 2.10 bits per heavy atom. The largest absolute Gasteiger partial charge is 0.397 e. The molecule has 0 saturated carbocycles. The molecule has 10 heteroatoms. The standard InChI is InChI=1S/C21H12N2O5S3/c22-16-14-13(17(24)9-5-1-2-6-10(9)18(14)25)15(19(29)20(16)31(26,27)28)21-23-11-7-3-4-8-12(11)30-21/h1-8,29H,22H2,(H,26,27,28). The molecule has 1 aromatic heterocycles. The maximum Gasteiger partial charge on any atom is 0.297 e. The number of nitrogens with two attached hydrogens (primary N) is 1. The van der Waals surface area contributed by atoms with Crippen LogP contribution in [-0.2, 0) is 10.1 Å². The average molecular weight is 469 g/mol. The lowest BCUT2D eigenvalue weighted by Gasteiger charge is -2.24. The summed E-state index contributed by atoms with van der Waals surface area (Å²) >= 11 is 5.53. The molecule has 3 aromatic carbocycles. The van der Waals surface area contributed by atoms with Crippen LogP contribution in [0, 0.1) is 0 Å². The van der Waals surface area contributed by atoms with E-state index in [1.54, 1.807) is 24.3 Å². The van der Waals surface area contributed by atoms with E-state index in [0.29, 0.717) is 5.52 Å². The van der Waals surface area contributed by atoms with Crippen LogP contribution < -0.4 is 5.73 Å². The first kappa shape index (κ1) is 19.9. The fourth-order valence-corrected chi connectivity index (χ4v) is 6.30. The van der Waals surface area contributed by atoms with Gasteiger partial charge in [-0.25, -0.2) is 4.98 Å². The van der Waals surface area contributed by atoms with Crippen molar-refractivity contribution in [3.63, 3.8) is 0 Å². The van der Waals surface area contributed by atoms with Gasteiger partial charge in [-0.1, -0.05) is 36.4 Å². The van der Waals surface area contributed by atoms with E-state index >= 15 is 0 Å². The van der Waals surface area contributed by atoms with Crippen molar-refractivity contribution in [2.45, 2.75) is 9.79 Å². The van der Waals surface area contributed by atoms with E-state index in [-0.39, 0.29) is 37.7 Å². The minimum absolute atomic E-state index is 0.0502. The molecule has 31 heavy (non-hydrogen) atoms. The topological polar surface area (TPSA) is 127 Å². The molecule has 0 bridgehead atoms. The van der Waals surface area contributed by atoms with Crippen LogP contribution in [0.15, 0.2) is 58.3 Å². The summed E-state index contributed by atoms with van der Waals surface area (Å²) in [6.45, 7) is 0. The summed E-state index contributed by atoms with van der Waals surface area (Å²) in [6, 6.07) is 13.4. The normalized spacial score (nSPS) is 13.4. The summed E-state index contributed by atoms with van der Waals surface area (Å²) in [5, 5.41) is 0.285. The Balaban J connectivity index is 1.97. The highest BCUT2D eigenvalue weighted by atomic mass is 32.2. The number of thiazole rings is 1. The molecule has 0 unspecified atom stereocenters. The molecule has 5 rings (SSSR count). The van der Waals surface area contributed by atoms with E-state index in [4.69, 9.17) is 5.73 Å². The molecule has 1 heterocycles. The zero-order valence-corrected chi connectivity index (χ0v) is 18.0. The number of hydrogen-bond donors (Lipinski definition) is 3. The third-order valence-corrected chi connectivity index (χ3v) is 7.69. The lowest BCUT2D eigenvalue weighted by molar-refractivity contribution is 0.0979. The van der Waals surface area contributed by atoms with Crippen LogP contribution in [0.5, 0.6) is 0 Å². The number of anilines is 1. The summed E-state index contributed by atoms with van der Waals surface area (Å²) < 4.78 is 35.0. The van der Waals surface area contributed by atoms with Crippen molar-refractivity contribution in [3.05, 3.63) is 70.8 Å². The number of aromatic nitrogens is 1. The van der Waals surface area contributed by atoms with Crippen LogP contribution in [0.1, 0.15) is 31.8 Å². The Morgan fingerprint density at radius 2 is 1.48 bits per heavy atom. The van der Waals surface area contributed by atoms with Gasteiger partial charge in [0.15, 0.2) is 11.6 Å². The number of benzene rings is 3. The molecule has 0 amide bonds. The van der Waals surface area contributed by atoms with Gasteiger partial charge in [0.05, 0.1) is 21.5 Å². The lowest BCUT2D eigenvalue weighted by atomic mass is 9.81. The number of fused-ring (bicyclic) bond motifs is 3. The van der Waals surface area contributed by atoms with Crippen LogP contribution in [0.2, 0.25) is 0 Å². The van der Waals surface area contributed by atoms with Gasteiger partial charge in [0, 0.05) is 27.1 Å². The molecule has 3 N–H and O–H groups in total. The molecule has 1 aliphatic carbocycles. The number of nitrogen functional groups attached to an aromatic ring is 1. The number of carbonyl (C=O) groups excluding carboxylic acids is 2. The maximum absolute atomic E-state index is 13.5. The number of hydrogen-bond acceptors (Lipinski definition) is 8. The van der Waals surface area contributed by atoms with Gasteiger partial charge in [-0.2, -0.15) is 8.42 Å². The molecule has 7 nitrogen and oxygen atoms in total. The smallest absolute Gasteiger partial charge is 0.297 e. The van der Waals surface area contributed by atoms with Gasteiger partial charge in [0.1, 0.15) is 9.90 Å². The highest BCUT2D eigenvalue weighted by molar-refractivity contribution is 7.87. The van der Waals surface area contributed by atoms with Crippen LogP contribution in [0.3, 0.4) is 0 Å². The molecule has 0 radical (unpaired) electrons. The van der Waals surface area contributed by atoms with Crippen LogP contribution in [0.25, 0.3) is 20.8 Å². The van der Waals surface area contributed by atoms with E-state index < -0.39 is 32.3 Å². The molecule has 0 aliphatic heterocycles. The molecule has 0 spiro atoms. The summed E-state index contributed by atoms with van der Waals surface area (Å²) in [5.74, 6) is -1.10. The van der Waals surface area contributed by atoms with Gasteiger partial charge < -0.3 is 5.73 Å². The number of carbonyl (C=O) groups is 2. The number of rotatable bonds is 2. The SMILES string of the molecule is Nc1c2c(c(-c3nc4ccccc4s3)c(S)c1S(=O)(=O)O)C(=O)c1ccccc1C2=O. The second-order valence-corrected chi connectivity index (χ2v) is 9.72. The van der Waals surface area contributed by atoms with Gasteiger partial charge in [0.2, 0.25) is 0 Å². The van der Waals surface area contributed by atoms with Crippen LogP contribution in [-0.4, -0.2) is 29.5 Å². The molecular formula is C21H12N2O5S3. The van der Waals surface area contributed by atoms with E-state index in [0.717, 1.165) is 4.70 Å². The van der Waals surface area contributed by atoms with Crippen molar-refractivity contribution in [2.75, 3.05) is 5.73 Å². The second kappa shape index (κ2) is 6.72. The van der Waals surface area contributed by atoms with Crippen LogP contribution >= 0.6 is 24.0 Å². The Kier molecular flexibility index (Phi) is 4.31. The number of thiol groups is 1. The second-order valence-electron chi connectivity index (χ2n) is 6.88. The van der Waals surface area contributed by atoms with Crippen molar-refractivity contribution in [1.82, 2.24) is 4.98 Å². The number of nitrogens with zero attached hydrogens (tertiary/aromatic N) is 1. The third-order valence-electron chi connectivity index (χ3n) is 5.10. The molecule has 4 aromatic rings. The highest BCUT2D eigenvalue weighted by Gasteiger charge is 2.39. The predicted octanol–water partition coefficient (Wildman–Crippen LogP) is 3.86. The fourth-order valence-electron chi connectivity index (χ4n) is 3.79. The third kappa shape index (κ3) is 2.83. The Morgan fingerprint density at radius 1 is 0.903 bits per heavy atom. The van der Waals surface area contributed by atoms with Gasteiger partial charge in [0.25, 0.3) is 10.1 Å². The van der Waals surface area contributed by atoms with Gasteiger partial charge in [-0.3, -0.25) is 14.1 Å². The molecule has 0 fully saturated rings. The molecule has 0 atom stereocenters. The zero-order chi connectivity index (χ0) is 22.1. The van der Waals surface area contributed by atoms with Crippen molar-refractivity contribution >= 4 is 61.6 Å². The van der Waals surface area contributed by atoms with Crippen molar-refractivity contribution in [3.8, 4) is 10.6 Å². The summed E-state index contributed by atoms with van der Waals surface area (Å²) in [4.78, 5) is 30.3. The van der Waals surface area contributed by atoms with E-state index in [9.17, 15) is 22.6 Å². The summed E-state index contributed by atoms with van der Waals surface area (Å²) in [5.41, 5.74) is 6.15. The van der Waals surface area contributed by atoms with E-state index in [1.165, 1.54) is 23.5 Å². The van der Waals surface area contributed by atoms with Crippen LogP contribution in [0.4, 0.5) is 5.69 Å². The fraction of sp³-hybridized carbons (Fsp3) is 0. The van der Waals surface area contributed by atoms with E-state index in [1.807, 2.05) is 12.1 Å². The average Bonchev–Trinajstić information content (AvgIpc) is 3.14. The van der Waals surface area contributed by atoms with Crippen molar-refractivity contribution < 1.29 is 22.6 Å². The van der Waals surface area contributed by atoms with Gasteiger partial charge in [-0.15, -0.1) is 24.0 Å². The Labute approximate surface area is 185 Å². The molecule has 0 saturated heterocycles. The van der Waals surface area contributed by atoms with Gasteiger partial charge >= 0.3 is 0 Å². The van der Waals surface area contributed by atoms with Crippen molar-refractivity contribution in [1.29, 1.82) is 0 Å². The number of ketones is 2. The molecular weight excluding hydrogens is 456 g/mol. The zero-order valence-electron chi connectivity index (χ0n) is 15.5. The summed E-state index contributed by atoms with van der Waals surface area (Å²) in [6.07, 6.45) is 0. The minimum Gasteiger partial charge on any atom is -0.397 e. The lowest BCUT2D eigenvalue weighted by Crippen LogP contribution is -2.25. The summed E-state index contributed by atoms with van der Waals surface area (Å²) in [7, 11) is -4.86. The van der Waals surface area contributed by atoms with Gasteiger partial charge in [-0.05, 0) is 12.1 Å². The van der Waals surface area contributed by atoms with Crippen molar-refractivity contribution in [2.24, 2.45) is 0 Å². The highest BCUT2D eigenvalue weighted by Crippen LogP contribution is 2.46. The Bertz CT molecular complexity index is 1540.